The first-order chi connectivity index (χ1) is 10.5. The molecule has 0 unspecified atom stereocenters. The summed E-state index contributed by atoms with van der Waals surface area (Å²) in [6.45, 7) is 2.94. The van der Waals surface area contributed by atoms with Crippen LogP contribution in [0.1, 0.15) is 26.2 Å². The number of halogens is 3. The SMILES string of the molecule is CCCN(CC(=O)Nc1ccc(Cl)cc1Cl)C(=O)CCCN.Cl. The van der Waals surface area contributed by atoms with E-state index in [-0.39, 0.29) is 30.8 Å². The van der Waals surface area contributed by atoms with Crippen molar-refractivity contribution < 1.29 is 9.59 Å². The van der Waals surface area contributed by atoms with E-state index in [1.807, 2.05) is 6.92 Å². The molecule has 23 heavy (non-hydrogen) atoms. The molecule has 0 atom stereocenters. The lowest BCUT2D eigenvalue weighted by atomic mass is 10.2. The van der Waals surface area contributed by atoms with Crippen molar-refractivity contribution in [2.75, 3.05) is 25.0 Å². The monoisotopic (exact) mass is 381 g/mol. The van der Waals surface area contributed by atoms with Gasteiger partial charge in [0.05, 0.1) is 17.3 Å². The number of benzene rings is 1. The molecule has 2 amide bonds. The van der Waals surface area contributed by atoms with Gasteiger partial charge in [-0.3, -0.25) is 9.59 Å². The summed E-state index contributed by atoms with van der Waals surface area (Å²) in [6.07, 6.45) is 1.75. The molecule has 130 valence electrons. The second kappa shape index (κ2) is 11.5. The van der Waals surface area contributed by atoms with E-state index in [1.165, 1.54) is 4.90 Å². The van der Waals surface area contributed by atoms with Crippen LogP contribution in [-0.2, 0) is 9.59 Å². The van der Waals surface area contributed by atoms with Gasteiger partial charge in [0.25, 0.3) is 0 Å². The Balaban J connectivity index is 0.00000484. The highest BCUT2D eigenvalue weighted by Gasteiger charge is 2.16. The highest BCUT2D eigenvalue weighted by Crippen LogP contribution is 2.25. The number of nitrogens with two attached hydrogens (primary N) is 1. The number of carbonyl (C=O) groups excluding carboxylic acids is 2. The summed E-state index contributed by atoms with van der Waals surface area (Å²) < 4.78 is 0. The normalized spacial score (nSPS) is 9.91. The smallest absolute Gasteiger partial charge is 0.244 e. The zero-order chi connectivity index (χ0) is 16.5. The number of hydrogen-bond acceptors (Lipinski definition) is 3. The molecule has 1 aromatic rings. The van der Waals surface area contributed by atoms with Gasteiger partial charge in [0.15, 0.2) is 0 Å². The van der Waals surface area contributed by atoms with Crippen molar-refractivity contribution in [3.63, 3.8) is 0 Å². The molecule has 0 saturated heterocycles. The third-order valence-corrected chi connectivity index (χ3v) is 3.53. The van der Waals surface area contributed by atoms with Gasteiger partial charge < -0.3 is 16.0 Å². The zero-order valence-electron chi connectivity index (χ0n) is 13.0. The summed E-state index contributed by atoms with van der Waals surface area (Å²) in [5.41, 5.74) is 5.88. The van der Waals surface area contributed by atoms with E-state index in [2.05, 4.69) is 5.32 Å². The highest BCUT2D eigenvalue weighted by molar-refractivity contribution is 6.36. The predicted molar refractivity (Wildman–Crippen MR) is 97.5 cm³/mol. The molecule has 0 aliphatic heterocycles. The van der Waals surface area contributed by atoms with E-state index in [0.29, 0.717) is 41.7 Å². The van der Waals surface area contributed by atoms with E-state index in [4.69, 9.17) is 28.9 Å². The number of carbonyl (C=O) groups is 2. The summed E-state index contributed by atoms with van der Waals surface area (Å²) in [5, 5.41) is 3.54. The second-order valence-electron chi connectivity index (χ2n) is 4.88. The lowest BCUT2D eigenvalue weighted by molar-refractivity contribution is -0.134. The highest BCUT2D eigenvalue weighted by atomic mass is 35.5. The van der Waals surface area contributed by atoms with E-state index < -0.39 is 0 Å². The lowest BCUT2D eigenvalue weighted by Gasteiger charge is -2.21. The van der Waals surface area contributed by atoms with Gasteiger partial charge in [-0.1, -0.05) is 30.1 Å². The van der Waals surface area contributed by atoms with Crippen LogP contribution >= 0.6 is 35.6 Å². The van der Waals surface area contributed by atoms with E-state index in [1.54, 1.807) is 18.2 Å². The van der Waals surface area contributed by atoms with Crippen molar-refractivity contribution in [1.82, 2.24) is 4.90 Å². The maximum absolute atomic E-state index is 12.1. The first kappa shape index (κ1) is 22.0. The summed E-state index contributed by atoms with van der Waals surface area (Å²) in [7, 11) is 0. The standard InChI is InChI=1S/C15H21Cl2N3O2.ClH/c1-2-8-20(15(22)4-3-7-18)10-14(21)19-13-6-5-11(16)9-12(13)17;/h5-6,9H,2-4,7-8,10,18H2,1H3,(H,19,21);1H. The van der Waals surface area contributed by atoms with Gasteiger partial charge in [-0.05, 0) is 37.6 Å². The number of anilines is 1. The zero-order valence-corrected chi connectivity index (χ0v) is 15.3. The van der Waals surface area contributed by atoms with Crippen LogP contribution < -0.4 is 11.1 Å². The Kier molecular flexibility index (Phi) is 11.0. The van der Waals surface area contributed by atoms with Crippen LogP contribution in [0.15, 0.2) is 18.2 Å². The number of nitrogens with zero attached hydrogens (tertiary/aromatic N) is 1. The summed E-state index contributed by atoms with van der Waals surface area (Å²) >= 11 is 11.8. The molecule has 1 rings (SSSR count). The van der Waals surface area contributed by atoms with Gasteiger partial charge in [0, 0.05) is 18.0 Å². The Morgan fingerprint density at radius 1 is 1.30 bits per heavy atom. The summed E-state index contributed by atoms with van der Waals surface area (Å²) in [4.78, 5) is 25.7. The lowest BCUT2D eigenvalue weighted by Crippen LogP contribution is -2.38. The molecule has 0 fully saturated rings. The summed E-state index contributed by atoms with van der Waals surface area (Å²) in [5.74, 6) is -0.358. The Bertz CT molecular complexity index is 527. The number of hydrogen-bond donors (Lipinski definition) is 2. The molecule has 5 nitrogen and oxygen atoms in total. The van der Waals surface area contributed by atoms with Crippen LogP contribution in [0.5, 0.6) is 0 Å². The second-order valence-corrected chi connectivity index (χ2v) is 5.72. The Morgan fingerprint density at radius 2 is 2.00 bits per heavy atom. The molecule has 0 bridgehead atoms. The largest absolute Gasteiger partial charge is 0.333 e. The van der Waals surface area contributed by atoms with Crippen molar-refractivity contribution in [3.05, 3.63) is 28.2 Å². The Labute approximate surface area is 152 Å². The van der Waals surface area contributed by atoms with Gasteiger partial charge >= 0.3 is 0 Å². The topological polar surface area (TPSA) is 75.4 Å². The van der Waals surface area contributed by atoms with Gasteiger partial charge in [0.2, 0.25) is 11.8 Å². The van der Waals surface area contributed by atoms with Crippen LogP contribution in [-0.4, -0.2) is 36.3 Å². The minimum Gasteiger partial charge on any atom is -0.333 e. The predicted octanol–water partition coefficient (Wildman–Crippen LogP) is 3.33. The van der Waals surface area contributed by atoms with E-state index >= 15 is 0 Å². The molecular formula is C15H22Cl3N3O2. The fourth-order valence-corrected chi connectivity index (χ4v) is 2.38. The Hall–Kier alpha value is -1.01. The van der Waals surface area contributed by atoms with Gasteiger partial charge in [-0.15, -0.1) is 12.4 Å². The molecule has 0 radical (unpaired) electrons. The van der Waals surface area contributed by atoms with E-state index in [9.17, 15) is 9.59 Å². The molecule has 0 aromatic heterocycles. The molecule has 0 heterocycles. The Morgan fingerprint density at radius 3 is 2.57 bits per heavy atom. The molecular weight excluding hydrogens is 361 g/mol. The quantitative estimate of drug-likeness (QED) is 0.724. The minimum absolute atomic E-state index is 0. The van der Waals surface area contributed by atoms with Crippen molar-refractivity contribution in [1.29, 1.82) is 0 Å². The van der Waals surface area contributed by atoms with Crippen molar-refractivity contribution in [2.45, 2.75) is 26.2 Å². The molecule has 1 aromatic carbocycles. The first-order valence-corrected chi connectivity index (χ1v) is 7.96. The molecule has 0 spiro atoms. The molecule has 0 aliphatic rings. The fraction of sp³-hybridized carbons (Fsp3) is 0.467. The third-order valence-electron chi connectivity index (χ3n) is 2.98. The van der Waals surface area contributed by atoms with Gasteiger partial charge in [-0.2, -0.15) is 0 Å². The van der Waals surface area contributed by atoms with Crippen LogP contribution in [0.25, 0.3) is 0 Å². The number of rotatable bonds is 8. The van der Waals surface area contributed by atoms with Crippen molar-refractivity contribution >= 4 is 53.1 Å². The minimum atomic E-state index is -0.293. The molecule has 0 aliphatic carbocycles. The summed E-state index contributed by atoms with van der Waals surface area (Å²) in [6, 6.07) is 4.82. The third kappa shape index (κ3) is 7.88. The molecule has 8 heteroatoms. The molecule has 3 N–H and O–H groups in total. The number of amides is 2. The van der Waals surface area contributed by atoms with Crippen molar-refractivity contribution in [2.24, 2.45) is 5.73 Å². The number of nitrogens with one attached hydrogen (secondary N) is 1. The average Bonchev–Trinajstić information content (AvgIpc) is 2.47. The van der Waals surface area contributed by atoms with Crippen LogP contribution in [0, 0.1) is 0 Å². The van der Waals surface area contributed by atoms with Crippen LogP contribution in [0.3, 0.4) is 0 Å². The fourth-order valence-electron chi connectivity index (χ4n) is 1.93. The van der Waals surface area contributed by atoms with Gasteiger partial charge in [-0.25, -0.2) is 0 Å². The maximum atomic E-state index is 12.1. The average molecular weight is 383 g/mol. The van der Waals surface area contributed by atoms with E-state index in [0.717, 1.165) is 6.42 Å². The maximum Gasteiger partial charge on any atom is 0.244 e. The van der Waals surface area contributed by atoms with Crippen LogP contribution in [0.4, 0.5) is 5.69 Å². The van der Waals surface area contributed by atoms with Crippen LogP contribution in [0.2, 0.25) is 10.0 Å². The van der Waals surface area contributed by atoms with Crippen molar-refractivity contribution in [3.8, 4) is 0 Å². The van der Waals surface area contributed by atoms with Gasteiger partial charge in [0.1, 0.15) is 0 Å². The molecule has 0 saturated carbocycles. The first-order valence-electron chi connectivity index (χ1n) is 7.20.